The molecule has 0 radical (unpaired) electrons. The van der Waals surface area contributed by atoms with Gasteiger partial charge in [0.1, 0.15) is 12.7 Å². The molecule has 0 saturated carbocycles. The van der Waals surface area contributed by atoms with E-state index in [1.54, 1.807) is 6.07 Å². The number of nitriles is 1. The standard InChI is InChI=1S/C16H21NO10/c1-8(18)23-7-14(25-10(3)20)16(27-12(5)22)15(26-11(4)21)13(6-17)24-9(2)19/h13-16H,7H2,1-5H3/t13-,14+,15-,16+/m1/s1. The molecule has 0 N–H and O–H groups in total. The van der Waals surface area contributed by atoms with Crippen LogP contribution in [0, 0.1) is 11.3 Å². The van der Waals surface area contributed by atoms with Crippen LogP contribution >= 0.6 is 0 Å². The van der Waals surface area contributed by atoms with Crippen LogP contribution in [0.15, 0.2) is 0 Å². The highest BCUT2D eigenvalue weighted by atomic mass is 16.6. The number of carbonyl (C=O) groups is 5. The van der Waals surface area contributed by atoms with Gasteiger partial charge < -0.3 is 23.7 Å². The van der Waals surface area contributed by atoms with Crippen LogP contribution < -0.4 is 0 Å². The van der Waals surface area contributed by atoms with Crippen molar-refractivity contribution in [3.05, 3.63) is 0 Å². The SMILES string of the molecule is CC(=O)OC[C@H](OC(C)=O)[C@H](OC(C)=O)[C@H](OC(C)=O)[C@@H](C#N)OC(C)=O. The summed E-state index contributed by atoms with van der Waals surface area (Å²) in [5.74, 6) is -4.19. The predicted octanol–water partition coefficient (Wildman–Crippen LogP) is -0.200. The molecule has 0 rings (SSSR count). The molecule has 0 aliphatic rings. The Bertz CT molecular complexity index is 623. The maximum atomic E-state index is 11.5. The predicted molar refractivity (Wildman–Crippen MR) is 84.5 cm³/mol. The number of esters is 5. The number of hydrogen-bond acceptors (Lipinski definition) is 11. The molecule has 4 atom stereocenters. The number of rotatable bonds is 9. The van der Waals surface area contributed by atoms with Crippen LogP contribution in [0.1, 0.15) is 34.6 Å². The smallest absolute Gasteiger partial charge is 0.304 e. The van der Waals surface area contributed by atoms with Crippen molar-refractivity contribution in [2.45, 2.75) is 59.0 Å². The second-order valence-electron chi connectivity index (χ2n) is 5.26. The fourth-order valence-electron chi connectivity index (χ4n) is 1.99. The summed E-state index contributed by atoms with van der Waals surface area (Å²) < 4.78 is 24.6. The Morgan fingerprint density at radius 3 is 1.52 bits per heavy atom. The molecule has 27 heavy (non-hydrogen) atoms. The van der Waals surface area contributed by atoms with E-state index < -0.39 is 60.9 Å². The van der Waals surface area contributed by atoms with Crippen LogP contribution in [-0.2, 0) is 47.7 Å². The molecule has 0 heterocycles. The van der Waals surface area contributed by atoms with Gasteiger partial charge in [0.25, 0.3) is 0 Å². The molecule has 0 saturated heterocycles. The molecule has 11 heteroatoms. The molecule has 0 bridgehead atoms. The molecule has 11 nitrogen and oxygen atoms in total. The maximum absolute atomic E-state index is 11.5. The van der Waals surface area contributed by atoms with Crippen molar-refractivity contribution in [3.63, 3.8) is 0 Å². The minimum Gasteiger partial charge on any atom is -0.462 e. The van der Waals surface area contributed by atoms with Gasteiger partial charge in [-0.2, -0.15) is 5.26 Å². The maximum Gasteiger partial charge on any atom is 0.304 e. The summed E-state index contributed by atoms with van der Waals surface area (Å²) in [6, 6.07) is 1.61. The Morgan fingerprint density at radius 1 is 0.704 bits per heavy atom. The van der Waals surface area contributed by atoms with Crippen molar-refractivity contribution in [2.24, 2.45) is 0 Å². The van der Waals surface area contributed by atoms with Crippen LogP contribution in [0.25, 0.3) is 0 Å². The summed E-state index contributed by atoms with van der Waals surface area (Å²) in [6.07, 6.45) is -6.38. The minimum absolute atomic E-state index is 0.567. The highest BCUT2D eigenvalue weighted by Gasteiger charge is 2.44. The summed E-state index contributed by atoms with van der Waals surface area (Å²) in [5.41, 5.74) is 0. The summed E-state index contributed by atoms with van der Waals surface area (Å²) >= 11 is 0. The van der Waals surface area contributed by atoms with Gasteiger partial charge in [-0.05, 0) is 0 Å². The normalized spacial score (nSPS) is 14.4. The lowest BCUT2D eigenvalue weighted by atomic mass is 10.0. The first-order valence-corrected chi connectivity index (χ1v) is 7.69. The van der Waals surface area contributed by atoms with Gasteiger partial charge in [-0.15, -0.1) is 0 Å². The minimum atomic E-state index is -1.69. The van der Waals surface area contributed by atoms with Crippen LogP contribution in [0.5, 0.6) is 0 Å². The Labute approximate surface area is 155 Å². The van der Waals surface area contributed by atoms with Crippen LogP contribution in [0.2, 0.25) is 0 Å². The lowest BCUT2D eigenvalue weighted by molar-refractivity contribution is -0.198. The Kier molecular flexibility index (Phi) is 10.1. The lowest BCUT2D eigenvalue weighted by Gasteiger charge is -2.33. The largest absolute Gasteiger partial charge is 0.462 e. The molecule has 0 aromatic carbocycles. The van der Waals surface area contributed by atoms with E-state index in [9.17, 15) is 29.2 Å². The third kappa shape index (κ3) is 9.78. The Hall–Kier alpha value is -3.16. The van der Waals surface area contributed by atoms with Crippen molar-refractivity contribution < 1.29 is 47.7 Å². The van der Waals surface area contributed by atoms with E-state index in [0.717, 1.165) is 34.6 Å². The average Bonchev–Trinajstić information content (AvgIpc) is 2.51. The third-order valence-electron chi connectivity index (χ3n) is 2.78. The van der Waals surface area contributed by atoms with E-state index in [1.807, 2.05) is 0 Å². The van der Waals surface area contributed by atoms with E-state index in [-0.39, 0.29) is 0 Å². The molecule has 0 fully saturated rings. The molecular formula is C16H21NO10. The fourth-order valence-corrected chi connectivity index (χ4v) is 1.99. The van der Waals surface area contributed by atoms with Crippen molar-refractivity contribution in [1.82, 2.24) is 0 Å². The molecule has 0 unspecified atom stereocenters. The first-order chi connectivity index (χ1) is 12.5. The van der Waals surface area contributed by atoms with Crippen molar-refractivity contribution in [3.8, 4) is 6.07 Å². The number of hydrogen-bond donors (Lipinski definition) is 0. The summed E-state index contributed by atoms with van der Waals surface area (Å²) in [4.78, 5) is 56.7. The van der Waals surface area contributed by atoms with Gasteiger partial charge in [-0.1, -0.05) is 0 Å². The molecule has 0 spiro atoms. The quantitative estimate of drug-likeness (QED) is 0.381. The van der Waals surface area contributed by atoms with Gasteiger partial charge in [0.2, 0.25) is 6.10 Å². The van der Waals surface area contributed by atoms with Crippen LogP contribution in [0.4, 0.5) is 0 Å². The van der Waals surface area contributed by atoms with Gasteiger partial charge in [0.15, 0.2) is 18.3 Å². The van der Waals surface area contributed by atoms with E-state index in [0.29, 0.717) is 0 Å². The molecule has 0 aromatic rings. The Balaban J connectivity index is 6.01. The summed E-state index contributed by atoms with van der Waals surface area (Å²) in [6.45, 7) is 4.60. The molecular weight excluding hydrogens is 366 g/mol. The first-order valence-electron chi connectivity index (χ1n) is 7.69. The monoisotopic (exact) mass is 387 g/mol. The molecule has 0 amide bonds. The number of ether oxygens (including phenoxy) is 5. The second kappa shape index (κ2) is 11.5. The van der Waals surface area contributed by atoms with Gasteiger partial charge in [-0.3, -0.25) is 24.0 Å². The lowest BCUT2D eigenvalue weighted by Crippen LogP contribution is -2.52. The van der Waals surface area contributed by atoms with Crippen molar-refractivity contribution in [2.75, 3.05) is 6.61 Å². The zero-order chi connectivity index (χ0) is 21.1. The zero-order valence-corrected chi connectivity index (χ0v) is 15.5. The van der Waals surface area contributed by atoms with Crippen LogP contribution in [-0.4, -0.2) is 60.9 Å². The fraction of sp³-hybridized carbons (Fsp3) is 0.625. The molecule has 0 aromatic heterocycles. The third-order valence-corrected chi connectivity index (χ3v) is 2.78. The van der Waals surface area contributed by atoms with Crippen molar-refractivity contribution >= 4 is 29.8 Å². The van der Waals surface area contributed by atoms with E-state index in [2.05, 4.69) is 0 Å². The topological polar surface area (TPSA) is 155 Å². The Morgan fingerprint density at radius 2 is 1.15 bits per heavy atom. The highest BCUT2D eigenvalue weighted by Crippen LogP contribution is 2.19. The van der Waals surface area contributed by atoms with Gasteiger partial charge in [-0.25, -0.2) is 0 Å². The first kappa shape index (κ1) is 23.8. The van der Waals surface area contributed by atoms with E-state index in [4.69, 9.17) is 23.7 Å². The van der Waals surface area contributed by atoms with Gasteiger partial charge in [0.05, 0.1) is 0 Å². The van der Waals surface area contributed by atoms with Crippen molar-refractivity contribution in [1.29, 1.82) is 5.26 Å². The van der Waals surface area contributed by atoms with E-state index >= 15 is 0 Å². The summed E-state index contributed by atoms with van der Waals surface area (Å²) in [7, 11) is 0. The molecule has 0 aliphatic heterocycles. The number of carbonyl (C=O) groups excluding carboxylic acids is 5. The summed E-state index contributed by atoms with van der Waals surface area (Å²) in [5, 5.41) is 9.27. The second-order valence-corrected chi connectivity index (χ2v) is 5.26. The number of nitrogens with zero attached hydrogens (tertiary/aromatic N) is 1. The zero-order valence-electron chi connectivity index (χ0n) is 15.5. The van der Waals surface area contributed by atoms with Gasteiger partial charge >= 0.3 is 29.8 Å². The van der Waals surface area contributed by atoms with E-state index in [1.165, 1.54) is 0 Å². The molecule has 0 aliphatic carbocycles. The van der Waals surface area contributed by atoms with Crippen LogP contribution in [0.3, 0.4) is 0 Å². The molecule has 150 valence electrons. The average molecular weight is 387 g/mol. The highest BCUT2D eigenvalue weighted by molar-refractivity contribution is 5.69. The van der Waals surface area contributed by atoms with Gasteiger partial charge in [0, 0.05) is 34.6 Å².